The number of benzene rings is 2. The lowest BCUT2D eigenvalue weighted by Gasteiger charge is -2.22. The van der Waals surface area contributed by atoms with Crippen LogP contribution in [0.2, 0.25) is 5.02 Å². The number of carboxylic acid groups (broad SMARTS) is 1. The highest BCUT2D eigenvalue weighted by Crippen LogP contribution is 2.47. The zero-order chi connectivity index (χ0) is 18.8. The number of hydrogen-bond acceptors (Lipinski definition) is 4. The van der Waals surface area contributed by atoms with E-state index >= 15 is 0 Å². The number of anilines is 1. The Morgan fingerprint density at radius 2 is 2.08 bits per heavy atom. The second-order valence-electron chi connectivity index (χ2n) is 6.00. The number of carbonyl (C=O) groups is 2. The largest absolute Gasteiger partial charge is 0.496 e. The van der Waals surface area contributed by atoms with Gasteiger partial charge in [0.25, 0.3) is 0 Å². The van der Waals surface area contributed by atoms with E-state index in [1.165, 1.54) is 11.8 Å². The van der Waals surface area contributed by atoms with Crippen molar-refractivity contribution in [3.8, 4) is 5.75 Å². The van der Waals surface area contributed by atoms with Crippen LogP contribution in [0.3, 0.4) is 0 Å². The molecular formula is C19H18ClNO4S. The smallest absolute Gasteiger partial charge is 0.305 e. The Labute approximate surface area is 160 Å². The quantitative estimate of drug-likeness (QED) is 0.813. The van der Waals surface area contributed by atoms with Gasteiger partial charge in [-0.15, -0.1) is 11.8 Å². The molecule has 0 bridgehead atoms. The lowest BCUT2D eigenvalue weighted by molar-refractivity contribution is -0.138. The summed E-state index contributed by atoms with van der Waals surface area (Å²) >= 11 is 7.52. The molecule has 1 amide bonds. The molecule has 2 atom stereocenters. The standard InChI is InChI=1S/C19H18ClNO4S/c1-10-12(4-3-5-15(10)25-2)18-13-8-11(20)6-7-14(13)21-19(24)16(26-18)9-17(22)23/h3-8,16,18H,9H2,1-2H3,(H,21,24)(H,22,23)/t16-,18-/m0/s1. The number of nitrogens with one attached hydrogen (secondary N) is 1. The predicted octanol–water partition coefficient (Wildman–Crippen LogP) is 4.28. The van der Waals surface area contributed by atoms with Crippen molar-refractivity contribution in [2.24, 2.45) is 0 Å². The molecule has 136 valence electrons. The van der Waals surface area contributed by atoms with Crippen LogP contribution in [0.1, 0.15) is 28.4 Å². The fourth-order valence-corrected chi connectivity index (χ4v) is 4.73. The van der Waals surface area contributed by atoms with Crippen molar-refractivity contribution in [1.82, 2.24) is 0 Å². The zero-order valence-electron chi connectivity index (χ0n) is 14.3. The molecule has 26 heavy (non-hydrogen) atoms. The first-order valence-corrected chi connectivity index (χ1v) is 9.34. The van der Waals surface area contributed by atoms with E-state index in [1.54, 1.807) is 19.2 Å². The molecule has 0 saturated carbocycles. The van der Waals surface area contributed by atoms with Gasteiger partial charge < -0.3 is 15.2 Å². The normalized spacial score (nSPS) is 19.3. The monoisotopic (exact) mass is 391 g/mol. The first kappa shape index (κ1) is 18.6. The first-order chi connectivity index (χ1) is 12.4. The molecule has 0 radical (unpaired) electrons. The maximum atomic E-state index is 12.5. The first-order valence-electron chi connectivity index (χ1n) is 8.01. The van der Waals surface area contributed by atoms with Crippen molar-refractivity contribution in [3.63, 3.8) is 0 Å². The van der Waals surface area contributed by atoms with Crippen LogP contribution in [0.15, 0.2) is 36.4 Å². The summed E-state index contributed by atoms with van der Waals surface area (Å²) in [6.45, 7) is 1.95. The third kappa shape index (κ3) is 3.66. The van der Waals surface area contributed by atoms with Crippen molar-refractivity contribution < 1.29 is 19.4 Å². The van der Waals surface area contributed by atoms with Gasteiger partial charge in [0.2, 0.25) is 5.91 Å². The third-order valence-corrected chi connectivity index (χ3v) is 6.06. The highest BCUT2D eigenvalue weighted by molar-refractivity contribution is 8.01. The summed E-state index contributed by atoms with van der Waals surface area (Å²) in [6.07, 6.45) is -0.252. The number of hydrogen-bond donors (Lipinski definition) is 2. The van der Waals surface area contributed by atoms with E-state index in [0.29, 0.717) is 10.7 Å². The van der Waals surface area contributed by atoms with E-state index in [2.05, 4.69) is 5.32 Å². The van der Waals surface area contributed by atoms with Gasteiger partial charge in [-0.2, -0.15) is 0 Å². The molecule has 0 fully saturated rings. The van der Waals surface area contributed by atoms with Crippen molar-refractivity contribution in [2.45, 2.75) is 23.8 Å². The highest BCUT2D eigenvalue weighted by atomic mass is 35.5. The molecule has 5 nitrogen and oxygen atoms in total. The lowest BCUT2D eigenvalue weighted by Crippen LogP contribution is -2.26. The topological polar surface area (TPSA) is 75.6 Å². The van der Waals surface area contributed by atoms with Crippen molar-refractivity contribution >= 4 is 40.9 Å². The fourth-order valence-electron chi connectivity index (χ4n) is 3.05. The number of carboxylic acids is 1. The molecule has 0 aliphatic carbocycles. The molecule has 0 spiro atoms. The van der Waals surface area contributed by atoms with Crippen LogP contribution < -0.4 is 10.1 Å². The SMILES string of the molecule is COc1cccc([C@@H]2S[C@@H](CC(=O)O)C(=O)Nc3ccc(Cl)cc32)c1C. The van der Waals surface area contributed by atoms with Gasteiger partial charge in [0, 0.05) is 10.7 Å². The van der Waals surface area contributed by atoms with Gasteiger partial charge >= 0.3 is 5.97 Å². The number of ether oxygens (including phenoxy) is 1. The average molecular weight is 392 g/mol. The van der Waals surface area contributed by atoms with Crippen molar-refractivity contribution in [2.75, 3.05) is 12.4 Å². The summed E-state index contributed by atoms with van der Waals surface area (Å²) in [5.41, 5.74) is 3.40. The molecule has 1 aliphatic heterocycles. The molecule has 1 aliphatic rings. The van der Waals surface area contributed by atoms with Gasteiger partial charge in [-0.25, -0.2) is 0 Å². The number of carbonyl (C=O) groups excluding carboxylic acids is 1. The molecule has 0 saturated heterocycles. The Bertz CT molecular complexity index is 871. The van der Waals surface area contributed by atoms with Crippen LogP contribution in [0, 0.1) is 6.92 Å². The maximum absolute atomic E-state index is 12.5. The zero-order valence-corrected chi connectivity index (χ0v) is 15.9. The van der Waals surface area contributed by atoms with Crippen LogP contribution in [0.25, 0.3) is 0 Å². The van der Waals surface area contributed by atoms with Crippen molar-refractivity contribution in [3.05, 3.63) is 58.1 Å². The predicted molar refractivity (Wildman–Crippen MR) is 103 cm³/mol. The molecule has 3 rings (SSSR count). The minimum atomic E-state index is -1.01. The van der Waals surface area contributed by atoms with E-state index in [4.69, 9.17) is 16.3 Å². The number of fused-ring (bicyclic) bond motifs is 1. The Kier molecular flexibility index (Phi) is 5.44. The summed E-state index contributed by atoms with van der Waals surface area (Å²) in [5.74, 6) is -0.586. The Morgan fingerprint density at radius 3 is 2.77 bits per heavy atom. The molecule has 1 heterocycles. The van der Waals surface area contributed by atoms with Gasteiger partial charge in [0.15, 0.2) is 0 Å². The third-order valence-electron chi connectivity index (χ3n) is 4.34. The Hall–Kier alpha value is -2.18. The summed E-state index contributed by atoms with van der Waals surface area (Å²) < 4.78 is 5.42. The number of methoxy groups -OCH3 is 1. The minimum Gasteiger partial charge on any atom is -0.496 e. The summed E-state index contributed by atoms with van der Waals surface area (Å²) in [4.78, 5) is 23.8. The van der Waals surface area contributed by atoms with Crippen LogP contribution in [0.5, 0.6) is 5.75 Å². The van der Waals surface area contributed by atoms with E-state index < -0.39 is 11.2 Å². The van der Waals surface area contributed by atoms with Gasteiger partial charge in [-0.3, -0.25) is 9.59 Å². The summed E-state index contributed by atoms with van der Waals surface area (Å²) in [5, 5.41) is 11.6. The molecular weight excluding hydrogens is 374 g/mol. The van der Waals surface area contributed by atoms with Gasteiger partial charge in [-0.05, 0) is 47.9 Å². The minimum absolute atomic E-state index is 0.248. The second-order valence-corrected chi connectivity index (χ2v) is 7.75. The van der Waals surface area contributed by atoms with E-state index in [9.17, 15) is 14.7 Å². The van der Waals surface area contributed by atoms with E-state index in [1.807, 2.05) is 31.2 Å². The Morgan fingerprint density at radius 1 is 1.31 bits per heavy atom. The number of rotatable bonds is 4. The average Bonchev–Trinajstić information content (AvgIpc) is 2.72. The van der Waals surface area contributed by atoms with Crippen molar-refractivity contribution in [1.29, 1.82) is 0 Å². The number of thioether (sulfide) groups is 1. The summed E-state index contributed by atoms with van der Waals surface area (Å²) in [7, 11) is 1.61. The number of aliphatic carboxylic acids is 1. The molecule has 7 heteroatoms. The number of amides is 1. The highest BCUT2D eigenvalue weighted by Gasteiger charge is 2.34. The van der Waals surface area contributed by atoms with E-state index in [-0.39, 0.29) is 17.6 Å². The second kappa shape index (κ2) is 7.60. The molecule has 0 aromatic heterocycles. The van der Waals surface area contributed by atoms with Crippen LogP contribution in [0.4, 0.5) is 5.69 Å². The molecule has 0 unspecified atom stereocenters. The Balaban J connectivity index is 2.15. The molecule has 2 aromatic rings. The van der Waals surface area contributed by atoms with E-state index in [0.717, 1.165) is 22.4 Å². The van der Waals surface area contributed by atoms with Crippen LogP contribution in [-0.4, -0.2) is 29.3 Å². The van der Waals surface area contributed by atoms with Crippen LogP contribution in [-0.2, 0) is 9.59 Å². The van der Waals surface area contributed by atoms with Gasteiger partial charge in [-0.1, -0.05) is 23.7 Å². The number of halogens is 1. The van der Waals surface area contributed by atoms with Gasteiger partial charge in [0.1, 0.15) is 5.75 Å². The maximum Gasteiger partial charge on any atom is 0.305 e. The lowest BCUT2D eigenvalue weighted by atomic mass is 9.98. The molecule has 2 aromatic carbocycles. The fraction of sp³-hybridized carbons (Fsp3) is 0.263. The summed E-state index contributed by atoms with van der Waals surface area (Å²) in [6, 6.07) is 11.0. The van der Waals surface area contributed by atoms with Gasteiger partial charge in [0.05, 0.1) is 24.0 Å². The molecule has 2 N–H and O–H groups in total. The van der Waals surface area contributed by atoms with Crippen LogP contribution >= 0.6 is 23.4 Å².